The number of carbonyl (C=O) groups is 1. The Balaban J connectivity index is 1.83. The minimum absolute atomic E-state index is 0.0735. The standard InChI is InChI=1S/C17H24FNO3S/c1-13(12-23(2,21)22)17(20)19-9-7-15(8-10-19)11-14-3-5-16(18)6-4-14/h3-6,13,15H,7-12H2,1-2H3/t13-/m1/s1. The SMILES string of the molecule is C[C@H](CS(C)(=O)=O)C(=O)N1CCC(Cc2ccc(F)cc2)CC1. The Bertz CT molecular complexity index is 634. The van der Waals surface area contributed by atoms with Crippen LogP contribution in [0.25, 0.3) is 0 Å². The van der Waals surface area contributed by atoms with Crippen LogP contribution in [0, 0.1) is 17.7 Å². The van der Waals surface area contributed by atoms with Gasteiger partial charge in [-0.1, -0.05) is 19.1 Å². The molecule has 1 heterocycles. The molecule has 0 bridgehead atoms. The fourth-order valence-corrected chi connectivity index (χ4v) is 4.20. The average molecular weight is 341 g/mol. The highest BCUT2D eigenvalue weighted by molar-refractivity contribution is 7.90. The summed E-state index contributed by atoms with van der Waals surface area (Å²) in [5.41, 5.74) is 1.11. The van der Waals surface area contributed by atoms with E-state index in [9.17, 15) is 17.6 Å². The summed E-state index contributed by atoms with van der Waals surface area (Å²) in [6.07, 6.45) is 3.84. The molecule has 1 saturated heterocycles. The van der Waals surface area contributed by atoms with Crippen LogP contribution in [0.2, 0.25) is 0 Å². The van der Waals surface area contributed by atoms with Crippen LogP contribution in [0.4, 0.5) is 4.39 Å². The van der Waals surface area contributed by atoms with Crippen molar-refractivity contribution in [2.75, 3.05) is 25.1 Å². The van der Waals surface area contributed by atoms with E-state index in [2.05, 4.69) is 0 Å². The highest BCUT2D eigenvalue weighted by atomic mass is 32.2. The first-order valence-corrected chi connectivity index (χ1v) is 10.0. The van der Waals surface area contributed by atoms with Crippen molar-refractivity contribution >= 4 is 15.7 Å². The maximum atomic E-state index is 12.9. The van der Waals surface area contributed by atoms with Crippen molar-refractivity contribution in [2.24, 2.45) is 11.8 Å². The van der Waals surface area contributed by atoms with E-state index in [-0.39, 0.29) is 17.5 Å². The number of halogens is 1. The summed E-state index contributed by atoms with van der Waals surface area (Å²) in [6.45, 7) is 3.01. The van der Waals surface area contributed by atoms with Crippen molar-refractivity contribution in [3.05, 3.63) is 35.6 Å². The van der Waals surface area contributed by atoms with Gasteiger partial charge in [0.25, 0.3) is 0 Å². The number of nitrogens with zero attached hydrogens (tertiary/aromatic N) is 1. The van der Waals surface area contributed by atoms with E-state index >= 15 is 0 Å². The number of amides is 1. The summed E-state index contributed by atoms with van der Waals surface area (Å²) in [5, 5.41) is 0. The van der Waals surface area contributed by atoms with Gasteiger partial charge in [-0.25, -0.2) is 12.8 Å². The molecule has 0 radical (unpaired) electrons. The molecule has 0 N–H and O–H groups in total. The van der Waals surface area contributed by atoms with Crippen LogP contribution >= 0.6 is 0 Å². The monoisotopic (exact) mass is 341 g/mol. The van der Waals surface area contributed by atoms with E-state index < -0.39 is 15.8 Å². The summed E-state index contributed by atoms with van der Waals surface area (Å²) in [7, 11) is -3.14. The minimum atomic E-state index is -3.14. The molecule has 0 saturated carbocycles. The fraction of sp³-hybridized carbons (Fsp3) is 0.588. The number of hydrogen-bond donors (Lipinski definition) is 0. The van der Waals surface area contributed by atoms with Gasteiger partial charge in [-0.2, -0.15) is 0 Å². The molecule has 6 heteroatoms. The molecule has 1 amide bonds. The van der Waals surface area contributed by atoms with Gasteiger partial charge in [0.15, 0.2) is 0 Å². The first kappa shape index (κ1) is 17.9. The van der Waals surface area contributed by atoms with Gasteiger partial charge in [0.1, 0.15) is 15.7 Å². The highest BCUT2D eigenvalue weighted by Gasteiger charge is 2.27. The number of hydrogen-bond acceptors (Lipinski definition) is 3. The number of rotatable bonds is 5. The van der Waals surface area contributed by atoms with Crippen molar-refractivity contribution < 1.29 is 17.6 Å². The van der Waals surface area contributed by atoms with Gasteiger partial charge in [-0.3, -0.25) is 4.79 Å². The lowest BCUT2D eigenvalue weighted by molar-refractivity contribution is -0.135. The predicted molar refractivity (Wildman–Crippen MR) is 88.3 cm³/mol. The van der Waals surface area contributed by atoms with Crippen LogP contribution in [0.15, 0.2) is 24.3 Å². The maximum absolute atomic E-state index is 12.9. The lowest BCUT2D eigenvalue weighted by Crippen LogP contribution is -2.42. The molecule has 0 unspecified atom stereocenters. The molecule has 1 aliphatic heterocycles. The molecule has 0 aromatic heterocycles. The molecule has 23 heavy (non-hydrogen) atoms. The van der Waals surface area contributed by atoms with Gasteiger partial charge in [-0.15, -0.1) is 0 Å². The summed E-state index contributed by atoms with van der Waals surface area (Å²) < 4.78 is 35.5. The first-order valence-electron chi connectivity index (χ1n) is 7.95. The molecular weight excluding hydrogens is 317 g/mol. The largest absolute Gasteiger partial charge is 0.342 e. The van der Waals surface area contributed by atoms with E-state index in [0.29, 0.717) is 19.0 Å². The van der Waals surface area contributed by atoms with E-state index in [4.69, 9.17) is 0 Å². The Labute approximate surface area is 137 Å². The summed E-state index contributed by atoms with van der Waals surface area (Å²) >= 11 is 0. The van der Waals surface area contributed by atoms with Crippen LogP contribution in [-0.2, 0) is 21.1 Å². The van der Waals surface area contributed by atoms with Crippen LogP contribution in [-0.4, -0.2) is 44.3 Å². The molecule has 4 nitrogen and oxygen atoms in total. The van der Waals surface area contributed by atoms with Crippen molar-refractivity contribution in [2.45, 2.75) is 26.2 Å². The molecule has 0 aliphatic carbocycles. The molecule has 128 valence electrons. The van der Waals surface area contributed by atoms with Gasteiger partial charge in [0, 0.05) is 25.3 Å². The molecular formula is C17H24FNO3S. The highest BCUT2D eigenvalue weighted by Crippen LogP contribution is 2.23. The zero-order valence-electron chi connectivity index (χ0n) is 13.7. The van der Waals surface area contributed by atoms with E-state index in [0.717, 1.165) is 31.1 Å². The molecule has 1 atom stereocenters. The lowest BCUT2D eigenvalue weighted by Gasteiger charge is -2.33. The van der Waals surface area contributed by atoms with Crippen molar-refractivity contribution in [3.8, 4) is 0 Å². The summed E-state index contributed by atoms with van der Waals surface area (Å²) in [4.78, 5) is 14.1. The Morgan fingerprint density at radius 3 is 2.35 bits per heavy atom. The maximum Gasteiger partial charge on any atom is 0.226 e. The second kappa shape index (κ2) is 7.43. The third-order valence-corrected chi connectivity index (χ3v) is 5.44. The Morgan fingerprint density at radius 1 is 1.26 bits per heavy atom. The second-order valence-corrected chi connectivity index (χ2v) is 8.78. The summed E-state index contributed by atoms with van der Waals surface area (Å²) in [6, 6.07) is 6.56. The van der Waals surface area contributed by atoms with Gasteiger partial charge in [0.05, 0.1) is 5.75 Å². The topological polar surface area (TPSA) is 54.5 Å². The van der Waals surface area contributed by atoms with Crippen LogP contribution in [0.5, 0.6) is 0 Å². The van der Waals surface area contributed by atoms with Gasteiger partial charge in [-0.05, 0) is 42.9 Å². The van der Waals surface area contributed by atoms with Crippen molar-refractivity contribution in [3.63, 3.8) is 0 Å². The van der Waals surface area contributed by atoms with Gasteiger partial charge >= 0.3 is 0 Å². The molecule has 1 aromatic rings. The van der Waals surface area contributed by atoms with E-state index in [1.807, 2.05) is 0 Å². The molecule has 1 fully saturated rings. The first-order chi connectivity index (χ1) is 10.7. The number of piperidine rings is 1. The Morgan fingerprint density at radius 2 is 1.83 bits per heavy atom. The smallest absolute Gasteiger partial charge is 0.226 e. The molecule has 1 aromatic carbocycles. The fourth-order valence-electron chi connectivity index (χ4n) is 3.15. The zero-order chi connectivity index (χ0) is 17.0. The minimum Gasteiger partial charge on any atom is -0.342 e. The van der Waals surface area contributed by atoms with E-state index in [1.165, 1.54) is 12.1 Å². The number of likely N-dealkylation sites (tertiary alicyclic amines) is 1. The quantitative estimate of drug-likeness (QED) is 0.826. The second-order valence-electron chi connectivity index (χ2n) is 6.59. The van der Waals surface area contributed by atoms with E-state index in [1.54, 1.807) is 24.0 Å². The third kappa shape index (κ3) is 5.61. The number of carbonyl (C=O) groups excluding carboxylic acids is 1. The van der Waals surface area contributed by atoms with Crippen molar-refractivity contribution in [1.82, 2.24) is 4.90 Å². The normalized spacial score (nSPS) is 18.0. The van der Waals surface area contributed by atoms with Crippen LogP contribution < -0.4 is 0 Å². The molecule has 2 rings (SSSR count). The van der Waals surface area contributed by atoms with Crippen molar-refractivity contribution in [1.29, 1.82) is 0 Å². The average Bonchev–Trinajstić information content (AvgIpc) is 2.48. The lowest BCUT2D eigenvalue weighted by atomic mass is 9.90. The van der Waals surface area contributed by atoms with Gasteiger partial charge in [0.2, 0.25) is 5.91 Å². The predicted octanol–water partition coefficient (Wildman–Crippen LogP) is 2.29. The summed E-state index contributed by atoms with van der Waals surface area (Å²) in [5.74, 6) is -0.403. The third-order valence-electron chi connectivity index (χ3n) is 4.34. The zero-order valence-corrected chi connectivity index (χ0v) is 14.5. The Hall–Kier alpha value is -1.43. The number of benzene rings is 1. The molecule has 0 spiro atoms. The number of sulfone groups is 1. The van der Waals surface area contributed by atoms with Crippen LogP contribution in [0.3, 0.4) is 0 Å². The Kier molecular flexibility index (Phi) is 5.79. The van der Waals surface area contributed by atoms with Crippen LogP contribution in [0.1, 0.15) is 25.3 Å². The van der Waals surface area contributed by atoms with Gasteiger partial charge < -0.3 is 4.90 Å². The molecule has 1 aliphatic rings.